The fourth-order valence-corrected chi connectivity index (χ4v) is 22.1. The van der Waals surface area contributed by atoms with Gasteiger partial charge in [-0.25, -0.2) is 4.79 Å². The highest BCUT2D eigenvalue weighted by Crippen LogP contribution is 2.76. The molecule has 0 unspecified atom stereocenters. The van der Waals surface area contributed by atoms with Gasteiger partial charge in [0.05, 0.1) is 17.6 Å². The maximum atomic E-state index is 15.6. The van der Waals surface area contributed by atoms with E-state index >= 15 is 19.2 Å². The number of likely N-dealkylation sites (tertiary alicyclic amines) is 1. The molecule has 5 aliphatic carbocycles. The van der Waals surface area contributed by atoms with E-state index < -0.39 is 208 Å². The van der Waals surface area contributed by atoms with E-state index in [-0.39, 0.29) is 95.9 Å². The summed E-state index contributed by atoms with van der Waals surface area (Å²) in [4.78, 5) is 209. The predicted molar refractivity (Wildman–Crippen MR) is 492 cm³/mol. The zero-order chi connectivity index (χ0) is 96.4. The van der Waals surface area contributed by atoms with Gasteiger partial charge in [-0.3, -0.25) is 62.3 Å². The molecule has 6 fully saturated rings. The third-order valence-corrected chi connectivity index (χ3v) is 31.1. The van der Waals surface area contributed by atoms with Gasteiger partial charge < -0.3 is 89.4 Å². The molecule has 13 amide bonds. The number of amides is 13. The van der Waals surface area contributed by atoms with Crippen LogP contribution in [-0.4, -0.2) is 202 Å². The maximum Gasteiger partial charge on any atom is 0.329 e. The summed E-state index contributed by atoms with van der Waals surface area (Å²) in [6, 6.07) is -7.91. The Bertz CT molecular complexity index is 4280. The van der Waals surface area contributed by atoms with Crippen LogP contribution in [0.1, 0.15) is 274 Å². The molecule has 722 valence electrons. The van der Waals surface area contributed by atoms with E-state index in [0.29, 0.717) is 43.1 Å². The van der Waals surface area contributed by atoms with Crippen LogP contribution < -0.4 is 69.5 Å². The number of benzene rings is 1. The minimum Gasteiger partial charge on any atom is -0.458 e. The lowest BCUT2D eigenvalue weighted by Gasteiger charge is -2.71. The van der Waals surface area contributed by atoms with E-state index in [4.69, 9.17) is 10.5 Å². The van der Waals surface area contributed by atoms with Crippen LogP contribution in [0.4, 0.5) is 0 Å². The number of nitrogens with one attached hydrogen (secondary N) is 12. The largest absolute Gasteiger partial charge is 0.458 e. The highest BCUT2D eigenvalue weighted by molar-refractivity contribution is 6.03. The van der Waals surface area contributed by atoms with Crippen LogP contribution in [0.15, 0.2) is 53.8 Å². The molecular formula is C98H158N14O17. The number of fused-ring (bicyclic) bond motifs is 7. The molecular weight excluding hydrogens is 1650 g/mol. The summed E-state index contributed by atoms with van der Waals surface area (Å²) in [5.41, 5.74) is 6.47. The Labute approximate surface area is 765 Å². The molecule has 129 heavy (non-hydrogen) atoms. The molecule has 24 atom stereocenters. The molecule has 2 aliphatic heterocycles. The number of ether oxygens (including phenoxy) is 1. The van der Waals surface area contributed by atoms with Crippen LogP contribution in [0.2, 0.25) is 0 Å². The van der Waals surface area contributed by atoms with Crippen molar-refractivity contribution in [3.05, 3.63) is 59.3 Å². The number of allylic oxidation sites excluding steroid dienone is 3. The average Bonchev–Trinajstić information content (AvgIpc) is 0.710. The molecule has 1 aromatic carbocycles. The lowest BCUT2D eigenvalue weighted by atomic mass is 9.33. The van der Waals surface area contributed by atoms with Gasteiger partial charge >= 0.3 is 5.97 Å². The Morgan fingerprint density at radius 2 is 1.19 bits per heavy atom. The Balaban J connectivity index is 0.964. The van der Waals surface area contributed by atoms with E-state index in [1.807, 2.05) is 13.8 Å². The summed E-state index contributed by atoms with van der Waals surface area (Å²) in [5.74, 6) is -14.8. The van der Waals surface area contributed by atoms with Gasteiger partial charge in [-0.1, -0.05) is 206 Å². The lowest BCUT2D eigenvalue weighted by Crippen LogP contribution is -2.66. The van der Waals surface area contributed by atoms with Crippen molar-refractivity contribution < 1.29 is 82.1 Å². The zero-order valence-corrected chi connectivity index (χ0v) is 81.5. The Morgan fingerprint density at radius 3 is 1.77 bits per heavy atom. The van der Waals surface area contributed by atoms with Gasteiger partial charge in [0, 0.05) is 13.0 Å². The monoisotopic (exact) mass is 1800 g/mol. The highest BCUT2D eigenvalue weighted by atomic mass is 16.5. The number of hydrogen-bond donors (Lipinski definition) is 15. The minimum absolute atomic E-state index is 0.0345. The number of cyclic esters (lactones) is 1. The third kappa shape index (κ3) is 23.4. The summed E-state index contributed by atoms with van der Waals surface area (Å²) in [6.07, 6.45) is 9.88. The van der Waals surface area contributed by atoms with Crippen LogP contribution in [0.3, 0.4) is 0 Å². The quantitative estimate of drug-likeness (QED) is 0.0206. The zero-order valence-electron chi connectivity index (χ0n) is 81.5. The van der Waals surface area contributed by atoms with Gasteiger partial charge in [-0.15, -0.1) is 0 Å². The summed E-state index contributed by atoms with van der Waals surface area (Å²) in [5, 5.41) is 56.1. The number of carbonyl (C=O) groups excluding carboxylic acids is 14. The van der Waals surface area contributed by atoms with Crippen molar-refractivity contribution in [1.29, 1.82) is 0 Å². The molecule has 1 aromatic rings. The number of carbonyl (C=O) groups is 14. The van der Waals surface area contributed by atoms with E-state index in [1.165, 1.54) is 37.3 Å². The number of hydrogen-bond acceptors (Lipinski definition) is 18. The molecule has 0 aromatic heterocycles. The SMILES string of the molecule is C/C=C1\NC(=O)[C@H](Cc2ccccc2)NC(=O)[C@@H](C(C)C)NC(=O)[C@@H]([C@@H](C)CC)NC(=O)[C@H](NC(=O)[C@H](NC(=O)[C@H](CCCN)NC(=O)[C@H]2CCCN2C(=O)[C@H](NC(=O)[C@@H](NC(=O)[C@@H](NC(=O)[C@H](NC(=O)[C@]23CCC(C)(C)C[C@H]2C2=CC[C@@H]4[C@@]5(C)CC[C@H](O)C(C)(C)[C@@H]5CC[C@@]4(C)[C@]2(C)CC3)C(C)C)[C@@H](C)O)C(C)C)C(C)C)[C@@H](C)CC)[C@@H](C)OC(=O)[C@H](C(C)C)NC1=O. The minimum atomic E-state index is -1.84. The molecule has 8 rings (SSSR count). The first-order chi connectivity index (χ1) is 60.3. The van der Waals surface area contributed by atoms with E-state index in [1.54, 1.807) is 113 Å². The summed E-state index contributed by atoms with van der Waals surface area (Å²) in [7, 11) is 0. The summed E-state index contributed by atoms with van der Waals surface area (Å²) < 4.78 is 6.00. The van der Waals surface area contributed by atoms with Crippen LogP contribution in [0.25, 0.3) is 0 Å². The first-order valence-corrected chi connectivity index (χ1v) is 47.9. The molecule has 16 N–H and O–H groups in total. The lowest BCUT2D eigenvalue weighted by molar-refractivity contribution is -0.203. The van der Waals surface area contributed by atoms with Crippen LogP contribution >= 0.6 is 0 Å². The van der Waals surface area contributed by atoms with E-state index in [2.05, 4.69) is 118 Å². The molecule has 2 saturated heterocycles. The van der Waals surface area contributed by atoms with Crippen molar-refractivity contribution in [2.75, 3.05) is 13.1 Å². The van der Waals surface area contributed by atoms with Gasteiger partial charge in [0.15, 0.2) is 0 Å². The Morgan fingerprint density at radius 1 is 0.612 bits per heavy atom. The number of aliphatic hydroxyl groups is 2. The number of nitrogens with two attached hydrogens (primary N) is 1. The van der Waals surface area contributed by atoms with Crippen molar-refractivity contribution in [1.82, 2.24) is 68.7 Å². The molecule has 0 radical (unpaired) electrons. The molecule has 7 aliphatic rings. The number of rotatable bonds is 30. The van der Waals surface area contributed by atoms with E-state index in [0.717, 1.165) is 51.4 Å². The summed E-state index contributed by atoms with van der Waals surface area (Å²) >= 11 is 0. The van der Waals surface area contributed by atoms with Gasteiger partial charge in [0.1, 0.15) is 84.3 Å². The molecule has 31 nitrogen and oxygen atoms in total. The Hall–Kier alpha value is -8.84. The van der Waals surface area contributed by atoms with E-state index in [9.17, 15) is 58.2 Å². The summed E-state index contributed by atoms with van der Waals surface area (Å²) in [6.45, 7) is 44.6. The fourth-order valence-electron chi connectivity index (χ4n) is 22.1. The number of nitrogens with zero attached hydrogens (tertiary/aromatic N) is 1. The molecule has 2 heterocycles. The molecule has 31 heteroatoms. The molecule has 4 saturated carbocycles. The average molecular weight is 1800 g/mol. The second kappa shape index (κ2) is 43.7. The topological polar surface area (TPSA) is 462 Å². The smallest absolute Gasteiger partial charge is 0.329 e. The van der Waals surface area contributed by atoms with Crippen molar-refractivity contribution in [2.45, 2.75) is 366 Å². The molecule has 0 spiro atoms. The first kappa shape index (κ1) is 106. The highest BCUT2D eigenvalue weighted by Gasteiger charge is 2.70. The maximum absolute atomic E-state index is 15.6. The molecule has 0 bridgehead atoms. The van der Waals surface area contributed by atoms with Crippen LogP contribution in [-0.2, 0) is 78.3 Å². The third-order valence-electron chi connectivity index (χ3n) is 31.1. The van der Waals surface area contributed by atoms with Crippen molar-refractivity contribution in [2.24, 2.45) is 97.4 Å². The number of aliphatic hydroxyl groups excluding tert-OH is 2. The van der Waals surface area contributed by atoms with Crippen LogP contribution in [0.5, 0.6) is 0 Å². The second-order valence-corrected chi connectivity index (χ2v) is 42.6. The standard InChI is InChI=1S/C98H158N14O17/c1-25-56(14)75(87(123)110-78-59(17)129-91(127)74(55(12)13)106-79(115)63(27-3)100-81(117)65(49-60-33-29-28-30-34-60)102-83(119)70(51(4)5)103-86(122)76(57(15)26-2)108-89(78)125)107-80(116)64(35-31-47-99)101-82(118)66-36-32-48-112(66)90(126)73(54(10)11)105-84(120)71(52(6)7)104-88(124)77(58(16)113)109-85(121)72(53(8)9)111-92(128)98-45-43-93(18,19)50-62(98)61-37-38-68-95(22)41-40-69(114)94(20,21)67(95)39-42-97(68,24)96(61,23)44-46-98/h27-30,33-34,37,51-59,62,64-78,113-114H,25-26,31-32,35-36,38-50,99H2,1-24H3,(H,100,117)(H,101,118)(H,102,119)(H,103,122)(H,104,124)(H,105,120)(H,106,115)(H,107,116)(H,108,125)(H,109,121)(H,110,123)(H,111,128)/b63-27-/t56-,57-,58+,59+,62-,64-,65-,66+,67-,68+,69-,70+,71-,72+,73+,74-,75+,76+,77-,78+,95-,96+,97+,98-/m0/s1. The van der Waals surface area contributed by atoms with Crippen molar-refractivity contribution in [3.8, 4) is 0 Å². The fraction of sp³-hybridized carbons (Fsp3) is 0.755. The normalized spacial score (nSPS) is 31.1. The van der Waals surface area contributed by atoms with Gasteiger partial charge in [0.25, 0.3) is 5.91 Å². The number of esters is 1. The van der Waals surface area contributed by atoms with Crippen molar-refractivity contribution >= 4 is 82.8 Å². The van der Waals surface area contributed by atoms with Crippen molar-refractivity contribution in [3.63, 3.8) is 0 Å². The van der Waals surface area contributed by atoms with Gasteiger partial charge in [-0.2, -0.15) is 0 Å². The Kier molecular flexibility index (Phi) is 35.7. The van der Waals surface area contributed by atoms with Gasteiger partial charge in [0.2, 0.25) is 70.9 Å². The predicted octanol–water partition coefficient (Wildman–Crippen LogP) is 7.17. The van der Waals surface area contributed by atoms with Crippen LogP contribution in [0, 0.1) is 91.7 Å². The second-order valence-electron chi connectivity index (χ2n) is 42.6. The first-order valence-electron chi connectivity index (χ1n) is 47.9. The van der Waals surface area contributed by atoms with Gasteiger partial charge in [-0.05, 0) is 209 Å².